The second-order valence-electron chi connectivity index (χ2n) is 4.62. The Morgan fingerprint density at radius 3 is 2.72 bits per heavy atom. The highest BCUT2D eigenvalue weighted by Gasteiger charge is 2.21. The first-order valence-corrected chi connectivity index (χ1v) is 6.36. The minimum Gasteiger partial charge on any atom is -0.267 e. The van der Waals surface area contributed by atoms with Crippen LogP contribution in [0.3, 0.4) is 0 Å². The fraction of sp³-hybridized carbons (Fsp3) is 0.500. The fourth-order valence-electron chi connectivity index (χ4n) is 2.54. The van der Waals surface area contributed by atoms with Crippen LogP contribution >= 0.6 is 11.6 Å². The lowest BCUT2D eigenvalue weighted by Crippen LogP contribution is -2.04. The van der Waals surface area contributed by atoms with Crippen molar-refractivity contribution >= 4 is 22.6 Å². The van der Waals surface area contributed by atoms with Gasteiger partial charge in [-0.15, -0.1) is 0 Å². The van der Waals surface area contributed by atoms with Crippen molar-refractivity contribution in [3.8, 4) is 0 Å². The predicted octanol–water partition coefficient (Wildman–Crippen LogP) is 4.14. The third-order valence-electron chi connectivity index (χ3n) is 3.44. The largest absolute Gasteiger partial charge is 0.267 e. The minimum atomic E-state index is -2.56. The minimum absolute atomic E-state index is 0.0643. The van der Waals surface area contributed by atoms with Crippen molar-refractivity contribution in [3.63, 3.8) is 0 Å². The fourth-order valence-corrected chi connectivity index (χ4v) is 2.74. The molecule has 6 heteroatoms. The summed E-state index contributed by atoms with van der Waals surface area (Å²) < 4.78 is 27.7. The molecule has 2 aromatic rings. The molecule has 0 atom stereocenters. The lowest BCUT2D eigenvalue weighted by molar-refractivity contribution is 0.153. The number of alkyl halides is 2. The molecule has 96 valence electrons. The van der Waals surface area contributed by atoms with Gasteiger partial charge in [-0.25, -0.2) is 13.8 Å². The van der Waals surface area contributed by atoms with Gasteiger partial charge in [-0.05, 0) is 18.9 Å². The maximum atomic E-state index is 12.9. The van der Waals surface area contributed by atoms with Crippen molar-refractivity contribution in [2.24, 2.45) is 0 Å². The predicted molar refractivity (Wildman–Crippen MR) is 65.0 cm³/mol. The van der Waals surface area contributed by atoms with Gasteiger partial charge in [0.2, 0.25) is 0 Å². The van der Waals surface area contributed by atoms with Gasteiger partial charge in [0.25, 0.3) is 6.43 Å². The molecule has 3 nitrogen and oxygen atoms in total. The standard InChI is InChI=1S/C12H12ClF2N3/c13-10-5-8(11(14)15)9-6-18(17-12(9)16-10)7-3-1-2-4-7/h5-7,11H,1-4H2. The monoisotopic (exact) mass is 271 g/mol. The molecule has 0 radical (unpaired) electrons. The maximum absolute atomic E-state index is 12.9. The van der Waals surface area contributed by atoms with Gasteiger partial charge in [-0.3, -0.25) is 4.68 Å². The van der Waals surface area contributed by atoms with Gasteiger partial charge in [-0.1, -0.05) is 24.4 Å². The normalized spacial score (nSPS) is 17.1. The Balaban J connectivity index is 2.12. The van der Waals surface area contributed by atoms with E-state index in [1.54, 1.807) is 10.9 Å². The Hall–Kier alpha value is -1.23. The van der Waals surface area contributed by atoms with Crippen molar-refractivity contribution < 1.29 is 8.78 Å². The van der Waals surface area contributed by atoms with Crippen LogP contribution in [0.15, 0.2) is 12.3 Å². The smallest absolute Gasteiger partial charge is 0.264 e. The Kier molecular flexibility index (Phi) is 2.93. The highest BCUT2D eigenvalue weighted by atomic mass is 35.5. The second-order valence-corrected chi connectivity index (χ2v) is 5.01. The molecule has 0 bridgehead atoms. The molecule has 2 heterocycles. The lowest BCUT2D eigenvalue weighted by Gasteiger charge is -2.07. The van der Waals surface area contributed by atoms with Gasteiger partial charge >= 0.3 is 0 Å². The maximum Gasteiger partial charge on any atom is 0.264 e. The number of nitrogens with zero attached hydrogens (tertiary/aromatic N) is 3. The SMILES string of the molecule is FC(F)c1cc(Cl)nc2nn(C3CCCC3)cc12. The number of fused-ring (bicyclic) bond motifs is 1. The molecule has 1 saturated carbocycles. The van der Waals surface area contributed by atoms with E-state index in [1.165, 1.54) is 6.07 Å². The van der Waals surface area contributed by atoms with E-state index in [4.69, 9.17) is 11.6 Å². The molecule has 0 spiro atoms. The molecule has 0 aromatic carbocycles. The molecule has 1 aliphatic carbocycles. The molecule has 0 amide bonds. The van der Waals surface area contributed by atoms with Crippen LogP contribution in [0, 0.1) is 0 Å². The number of hydrogen-bond donors (Lipinski definition) is 0. The Bertz CT molecular complexity index is 576. The van der Waals surface area contributed by atoms with Gasteiger partial charge in [0.05, 0.1) is 6.04 Å². The summed E-state index contributed by atoms with van der Waals surface area (Å²) >= 11 is 5.74. The third-order valence-corrected chi connectivity index (χ3v) is 3.64. The Morgan fingerprint density at radius 2 is 2.06 bits per heavy atom. The zero-order valence-electron chi connectivity index (χ0n) is 9.61. The molecule has 18 heavy (non-hydrogen) atoms. The van der Waals surface area contributed by atoms with Gasteiger partial charge in [-0.2, -0.15) is 5.10 Å². The highest BCUT2D eigenvalue weighted by molar-refractivity contribution is 6.29. The molecule has 3 rings (SSSR count). The summed E-state index contributed by atoms with van der Waals surface area (Å²) in [5.41, 5.74) is 0.221. The van der Waals surface area contributed by atoms with E-state index in [2.05, 4.69) is 10.1 Å². The number of rotatable bonds is 2. The topological polar surface area (TPSA) is 30.7 Å². The first-order chi connectivity index (χ1) is 8.65. The first kappa shape index (κ1) is 11.8. The summed E-state index contributed by atoms with van der Waals surface area (Å²) in [6.45, 7) is 0. The molecule has 0 N–H and O–H groups in total. The van der Waals surface area contributed by atoms with Crippen molar-refractivity contribution in [1.29, 1.82) is 0 Å². The van der Waals surface area contributed by atoms with Crippen LogP contribution in [-0.2, 0) is 0 Å². The number of hydrogen-bond acceptors (Lipinski definition) is 2. The van der Waals surface area contributed by atoms with E-state index in [9.17, 15) is 8.78 Å². The number of aromatic nitrogens is 3. The molecular formula is C12H12ClF2N3. The zero-order chi connectivity index (χ0) is 12.7. The molecule has 1 fully saturated rings. The van der Waals surface area contributed by atoms with Crippen LogP contribution in [0.2, 0.25) is 5.15 Å². The zero-order valence-corrected chi connectivity index (χ0v) is 10.4. The molecule has 0 aliphatic heterocycles. The van der Waals surface area contributed by atoms with Crippen LogP contribution in [-0.4, -0.2) is 14.8 Å². The van der Waals surface area contributed by atoms with E-state index in [0.29, 0.717) is 17.1 Å². The lowest BCUT2D eigenvalue weighted by atomic mass is 10.2. The summed E-state index contributed by atoms with van der Waals surface area (Å²) in [7, 11) is 0. The highest BCUT2D eigenvalue weighted by Crippen LogP contribution is 2.33. The van der Waals surface area contributed by atoms with Crippen molar-refractivity contribution in [2.45, 2.75) is 38.2 Å². The Morgan fingerprint density at radius 1 is 1.33 bits per heavy atom. The van der Waals surface area contributed by atoms with Crippen LogP contribution in [0.25, 0.3) is 11.0 Å². The Labute approximate surface area is 108 Å². The summed E-state index contributed by atoms with van der Waals surface area (Å²) in [6.07, 6.45) is 3.54. The van der Waals surface area contributed by atoms with Gasteiger partial charge in [0.1, 0.15) is 5.15 Å². The van der Waals surface area contributed by atoms with E-state index < -0.39 is 6.43 Å². The molecule has 0 unspecified atom stereocenters. The van der Waals surface area contributed by atoms with E-state index in [0.717, 1.165) is 25.7 Å². The van der Waals surface area contributed by atoms with Crippen molar-refractivity contribution in [1.82, 2.24) is 14.8 Å². The first-order valence-electron chi connectivity index (χ1n) is 5.98. The summed E-state index contributed by atoms with van der Waals surface area (Å²) in [6, 6.07) is 1.53. The molecule has 2 aromatic heterocycles. The summed E-state index contributed by atoms with van der Waals surface area (Å²) in [5, 5.41) is 4.75. The van der Waals surface area contributed by atoms with Crippen molar-refractivity contribution in [2.75, 3.05) is 0 Å². The van der Waals surface area contributed by atoms with Crippen LogP contribution in [0.4, 0.5) is 8.78 Å². The van der Waals surface area contributed by atoms with Crippen molar-refractivity contribution in [3.05, 3.63) is 23.0 Å². The van der Waals surface area contributed by atoms with E-state index >= 15 is 0 Å². The number of halogens is 3. The molecular weight excluding hydrogens is 260 g/mol. The van der Waals surface area contributed by atoms with Crippen LogP contribution < -0.4 is 0 Å². The number of pyridine rings is 1. The van der Waals surface area contributed by atoms with Gasteiger partial charge in [0, 0.05) is 17.1 Å². The third kappa shape index (κ3) is 1.96. The van der Waals surface area contributed by atoms with Crippen LogP contribution in [0.5, 0.6) is 0 Å². The summed E-state index contributed by atoms with van der Waals surface area (Å²) in [5.74, 6) is 0. The quantitative estimate of drug-likeness (QED) is 0.769. The summed E-state index contributed by atoms with van der Waals surface area (Å²) in [4.78, 5) is 4.01. The molecule has 0 saturated heterocycles. The van der Waals surface area contributed by atoms with Crippen LogP contribution in [0.1, 0.15) is 43.7 Å². The van der Waals surface area contributed by atoms with Gasteiger partial charge < -0.3 is 0 Å². The molecule has 1 aliphatic rings. The average molecular weight is 272 g/mol. The van der Waals surface area contributed by atoms with E-state index in [1.807, 2.05) is 0 Å². The van der Waals surface area contributed by atoms with Gasteiger partial charge in [0.15, 0.2) is 5.65 Å². The average Bonchev–Trinajstić information content (AvgIpc) is 2.95. The second kappa shape index (κ2) is 4.46. The van der Waals surface area contributed by atoms with E-state index in [-0.39, 0.29) is 10.7 Å².